The first-order valence-corrected chi connectivity index (χ1v) is 6.75. The first kappa shape index (κ1) is 14.2. The third kappa shape index (κ3) is 3.20. The molecular weight excluding hydrogens is 254 g/mol. The summed E-state index contributed by atoms with van der Waals surface area (Å²) >= 11 is 0. The van der Waals surface area contributed by atoms with Gasteiger partial charge in [-0.15, -0.1) is 10.2 Å². The Morgan fingerprint density at radius 2 is 2.00 bits per heavy atom. The molecule has 1 aromatic heterocycles. The molecule has 1 unspecified atom stereocenters. The van der Waals surface area contributed by atoms with E-state index in [1.54, 1.807) is 0 Å². The summed E-state index contributed by atoms with van der Waals surface area (Å²) in [4.78, 5) is 12.0. The van der Waals surface area contributed by atoms with Crippen LogP contribution in [0.5, 0.6) is 0 Å². The molecule has 2 aromatic rings. The number of aromatic nitrogens is 4. The minimum atomic E-state index is -0.322. The number of amides is 1. The van der Waals surface area contributed by atoms with Crippen LogP contribution in [0.25, 0.3) is 0 Å². The molecule has 6 nitrogen and oxygen atoms in total. The smallest absolute Gasteiger partial charge is 0.293 e. The molecule has 1 heterocycles. The minimum Gasteiger partial charge on any atom is -0.342 e. The van der Waals surface area contributed by atoms with Crippen molar-refractivity contribution in [2.75, 3.05) is 0 Å². The van der Waals surface area contributed by atoms with E-state index in [0.717, 1.165) is 12.0 Å². The zero-order chi connectivity index (χ0) is 14.5. The average molecular weight is 273 g/mol. The van der Waals surface area contributed by atoms with Crippen molar-refractivity contribution in [3.8, 4) is 0 Å². The second-order valence-electron chi connectivity index (χ2n) is 5.03. The van der Waals surface area contributed by atoms with Crippen LogP contribution in [0, 0.1) is 5.92 Å². The Morgan fingerprint density at radius 1 is 1.30 bits per heavy atom. The maximum atomic E-state index is 12.0. The van der Waals surface area contributed by atoms with Gasteiger partial charge in [-0.1, -0.05) is 45.0 Å². The number of nitrogens with one attached hydrogen (secondary N) is 2. The highest BCUT2D eigenvalue weighted by Crippen LogP contribution is 2.22. The van der Waals surface area contributed by atoms with E-state index >= 15 is 0 Å². The quantitative estimate of drug-likeness (QED) is 0.871. The highest BCUT2D eigenvalue weighted by Gasteiger charge is 2.21. The Balaban J connectivity index is 2.16. The van der Waals surface area contributed by atoms with Crippen LogP contribution < -0.4 is 5.32 Å². The van der Waals surface area contributed by atoms with E-state index in [4.69, 9.17) is 0 Å². The standard InChI is InChI=1S/C14H19N5O/c1-4-10-5-7-11(8-6-10)12(9(2)3)15-14(20)13-16-18-19-17-13/h5-9,12H,4H2,1-3H3,(H,15,20)(H,16,17,18,19). The summed E-state index contributed by atoms with van der Waals surface area (Å²) < 4.78 is 0. The van der Waals surface area contributed by atoms with Crippen molar-refractivity contribution in [1.29, 1.82) is 0 Å². The molecule has 0 saturated carbocycles. The first-order valence-electron chi connectivity index (χ1n) is 6.75. The van der Waals surface area contributed by atoms with Crippen LogP contribution in [0.1, 0.15) is 48.6 Å². The Kier molecular flexibility index (Phi) is 4.45. The lowest BCUT2D eigenvalue weighted by molar-refractivity contribution is 0.0915. The summed E-state index contributed by atoms with van der Waals surface area (Å²) in [5.74, 6) is -0.00354. The molecule has 0 bridgehead atoms. The number of aryl methyl sites for hydroxylation is 1. The zero-order valence-electron chi connectivity index (χ0n) is 11.9. The lowest BCUT2D eigenvalue weighted by Crippen LogP contribution is -2.32. The Hall–Kier alpha value is -2.24. The van der Waals surface area contributed by atoms with Crippen molar-refractivity contribution >= 4 is 5.91 Å². The van der Waals surface area contributed by atoms with Gasteiger partial charge in [0.05, 0.1) is 6.04 Å². The fourth-order valence-corrected chi connectivity index (χ4v) is 2.06. The van der Waals surface area contributed by atoms with Gasteiger partial charge in [-0.05, 0) is 28.7 Å². The van der Waals surface area contributed by atoms with E-state index in [9.17, 15) is 4.79 Å². The number of tetrazole rings is 1. The van der Waals surface area contributed by atoms with Crippen LogP contribution in [0.4, 0.5) is 0 Å². The Labute approximate surface area is 118 Å². The zero-order valence-corrected chi connectivity index (χ0v) is 11.9. The van der Waals surface area contributed by atoms with Gasteiger partial charge in [-0.25, -0.2) is 0 Å². The normalized spacial score (nSPS) is 12.4. The van der Waals surface area contributed by atoms with Gasteiger partial charge in [0, 0.05) is 0 Å². The molecule has 0 spiro atoms. The van der Waals surface area contributed by atoms with Crippen molar-refractivity contribution in [2.45, 2.75) is 33.2 Å². The number of nitrogens with zero attached hydrogens (tertiary/aromatic N) is 3. The van der Waals surface area contributed by atoms with Crippen molar-refractivity contribution in [1.82, 2.24) is 25.9 Å². The number of aromatic amines is 1. The van der Waals surface area contributed by atoms with Crippen LogP contribution in [0.3, 0.4) is 0 Å². The van der Waals surface area contributed by atoms with Crippen molar-refractivity contribution in [2.24, 2.45) is 5.92 Å². The number of carbonyl (C=O) groups excluding carboxylic acids is 1. The van der Waals surface area contributed by atoms with Gasteiger partial charge >= 0.3 is 0 Å². The molecule has 1 aromatic carbocycles. The topological polar surface area (TPSA) is 83.6 Å². The van der Waals surface area contributed by atoms with Gasteiger partial charge in [0.15, 0.2) is 0 Å². The number of H-pyrrole nitrogens is 1. The summed E-state index contributed by atoms with van der Waals surface area (Å²) in [6, 6.07) is 8.21. The third-order valence-electron chi connectivity index (χ3n) is 3.25. The second-order valence-corrected chi connectivity index (χ2v) is 5.03. The molecule has 0 fully saturated rings. The van der Waals surface area contributed by atoms with Gasteiger partial charge in [0.1, 0.15) is 0 Å². The molecule has 0 radical (unpaired) electrons. The van der Waals surface area contributed by atoms with Gasteiger partial charge < -0.3 is 5.32 Å². The molecule has 6 heteroatoms. The van der Waals surface area contributed by atoms with Gasteiger partial charge in [-0.3, -0.25) is 4.79 Å². The summed E-state index contributed by atoms with van der Waals surface area (Å²) in [5, 5.41) is 16.0. The van der Waals surface area contributed by atoms with E-state index in [2.05, 4.69) is 71.0 Å². The maximum Gasteiger partial charge on any atom is 0.293 e. The van der Waals surface area contributed by atoms with Gasteiger partial charge in [-0.2, -0.15) is 5.21 Å². The molecule has 0 aliphatic heterocycles. The van der Waals surface area contributed by atoms with E-state index in [1.165, 1.54) is 5.56 Å². The molecule has 1 atom stereocenters. The van der Waals surface area contributed by atoms with E-state index in [1.807, 2.05) is 0 Å². The molecule has 20 heavy (non-hydrogen) atoms. The fraction of sp³-hybridized carbons (Fsp3) is 0.429. The highest BCUT2D eigenvalue weighted by atomic mass is 16.2. The predicted molar refractivity (Wildman–Crippen MR) is 75.0 cm³/mol. The van der Waals surface area contributed by atoms with Gasteiger partial charge in [0.2, 0.25) is 0 Å². The van der Waals surface area contributed by atoms with Crippen LogP contribution >= 0.6 is 0 Å². The van der Waals surface area contributed by atoms with E-state index in [-0.39, 0.29) is 23.7 Å². The molecule has 2 rings (SSSR count). The molecule has 0 aliphatic rings. The van der Waals surface area contributed by atoms with Crippen molar-refractivity contribution in [3.05, 3.63) is 41.2 Å². The van der Waals surface area contributed by atoms with Crippen LogP contribution in [-0.4, -0.2) is 26.5 Å². The largest absolute Gasteiger partial charge is 0.342 e. The van der Waals surface area contributed by atoms with Crippen molar-refractivity contribution in [3.63, 3.8) is 0 Å². The Bertz CT molecular complexity index is 547. The predicted octanol–water partition coefficient (Wildman–Crippen LogP) is 1.89. The summed E-state index contributed by atoms with van der Waals surface area (Å²) in [5.41, 5.74) is 2.36. The molecule has 1 amide bonds. The van der Waals surface area contributed by atoms with Gasteiger partial charge in [0.25, 0.3) is 11.7 Å². The van der Waals surface area contributed by atoms with Crippen LogP contribution in [0.2, 0.25) is 0 Å². The second kappa shape index (κ2) is 6.27. The van der Waals surface area contributed by atoms with Crippen molar-refractivity contribution < 1.29 is 4.79 Å². The molecule has 2 N–H and O–H groups in total. The highest BCUT2D eigenvalue weighted by molar-refractivity contribution is 5.90. The molecular formula is C14H19N5O. The SMILES string of the molecule is CCc1ccc(C(NC(=O)c2nn[nH]n2)C(C)C)cc1. The number of rotatable bonds is 5. The lowest BCUT2D eigenvalue weighted by atomic mass is 9.95. The summed E-state index contributed by atoms with van der Waals surface area (Å²) in [7, 11) is 0. The van der Waals surface area contributed by atoms with Crippen LogP contribution in [-0.2, 0) is 6.42 Å². The maximum absolute atomic E-state index is 12.0. The Morgan fingerprint density at radius 3 is 2.50 bits per heavy atom. The number of carbonyl (C=O) groups is 1. The average Bonchev–Trinajstić information content (AvgIpc) is 2.98. The number of hydrogen-bond acceptors (Lipinski definition) is 4. The summed E-state index contributed by atoms with van der Waals surface area (Å²) in [6.45, 7) is 6.25. The van der Waals surface area contributed by atoms with E-state index in [0.29, 0.717) is 0 Å². The fourth-order valence-electron chi connectivity index (χ4n) is 2.06. The van der Waals surface area contributed by atoms with E-state index < -0.39 is 0 Å². The third-order valence-corrected chi connectivity index (χ3v) is 3.25. The molecule has 0 saturated heterocycles. The number of benzene rings is 1. The number of hydrogen-bond donors (Lipinski definition) is 2. The summed E-state index contributed by atoms with van der Waals surface area (Å²) in [6.07, 6.45) is 1.00. The van der Waals surface area contributed by atoms with Crippen LogP contribution in [0.15, 0.2) is 24.3 Å². The molecule has 0 aliphatic carbocycles. The molecule has 106 valence electrons. The minimum absolute atomic E-state index is 0.0563. The monoisotopic (exact) mass is 273 g/mol. The first-order chi connectivity index (χ1) is 9.61. The lowest BCUT2D eigenvalue weighted by Gasteiger charge is -2.22.